The van der Waals surface area contributed by atoms with E-state index in [9.17, 15) is 5.11 Å². The first-order valence-corrected chi connectivity index (χ1v) is 6.91. The number of hydrogen-bond donors (Lipinski definition) is 2. The zero-order valence-corrected chi connectivity index (χ0v) is 12.6. The summed E-state index contributed by atoms with van der Waals surface area (Å²) in [6.07, 6.45) is 0. The molecule has 0 aliphatic carbocycles. The Hall–Kier alpha value is -1.81. The van der Waals surface area contributed by atoms with Gasteiger partial charge in [0.05, 0.1) is 0 Å². The van der Waals surface area contributed by atoms with Gasteiger partial charge in [-0.05, 0) is 13.0 Å². The van der Waals surface area contributed by atoms with E-state index in [2.05, 4.69) is 15.3 Å². The van der Waals surface area contributed by atoms with Gasteiger partial charge in [0.2, 0.25) is 0 Å². The van der Waals surface area contributed by atoms with Crippen molar-refractivity contribution in [3.05, 3.63) is 46.4 Å². The lowest BCUT2D eigenvalue weighted by Crippen LogP contribution is -2.08. The molecule has 2 rings (SSSR count). The number of benzene rings is 1. The van der Waals surface area contributed by atoms with Crippen LogP contribution in [0.1, 0.15) is 36.7 Å². The predicted molar refractivity (Wildman–Crippen MR) is 81.3 cm³/mol. The molecule has 106 valence electrons. The fourth-order valence-corrected chi connectivity index (χ4v) is 1.95. The van der Waals surface area contributed by atoms with Gasteiger partial charge in [0.15, 0.2) is 0 Å². The average molecular weight is 292 g/mol. The molecule has 0 radical (unpaired) electrons. The van der Waals surface area contributed by atoms with Gasteiger partial charge in [-0.15, -0.1) is 0 Å². The third-order valence-electron chi connectivity index (χ3n) is 3.06. The van der Waals surface area contributed by atoms with Crippen LogP contribution in [0.5, 0.6) is 5.75 Å². The average Bonchev–Trinajstić information content (AvgIpc) is 2.41. The molecule has 1 aromatic carbocycles. The number of nitrogens with one attached hydrogen (secondary N) is 1. The van der Waals surface area contributed by atoms with E-state index in [-0.39, 0.29) is 11.7 Å². The van der Waals surface area contributed by atoms with Gasteiger partial charge in [-0.1, -0.05) is 43.6 Å². The predicted octanol–water partition coefficient (Wildman–Crippen LogP) is 3.88. The largest absolute Gasteiger partial charge is 0.508 e. The van der Waals surface area contributed by atoms with Crippen LogP contribution in [0.2, 0.25) is 5.15 Å². The van der Waals surface area contributed by atoms with E-state index in [1.165, 1.54) is 0 Å². The summed E-state index contributed by atoms with van der Waals surface area (Å²) in [6, 6.07) is 7.21. The Morgan fingerprint density at radius 3 is 2.60 bits per heavy atom. The number of aromatic hydroxyl groups is 1. The molecule has 0 fully saturated rings. The fourth-order valence-electron chi connectivity index (χ4n) is 1.78. The number of hydrogen-bond acceptors (Lipinski definition) is 4. The maximum atomic E-state index is 9.76. The smallest absolute Gasteiger partial charge is 0.137 e. The minimum absolute atomic E-state index is 0.207. The van der Waals surface area contributed by atoms with Crippen molar-refractivity contribution in [3.63, 3.8) is 0 Å². The van der Waals surface area contributed by atoms with E-state index in [4.69, 9.17) is 11.6 Å². The van der Waals surface area contributed by atoms with Crippen LogP contribution in [-0.2, 0) is 6.54 Å². The molecule has 0 saturated carbocycles. The molecular formula is C15H18ClN3O. The van der Waals surface area contributed by atoms with Crippen LogP contribution >= 0.6 is 11.6 Å². The molecule has 1 heterocycles. The number of phenolic OH excluding ortho intramolecular Hbond substituents is 1. The van der Waals surface area contributed by atoms with Gasteiger partial charge in [-0.25, -0.2) is 9.97 Å². The molecule has 0 aliphatic heterocycles. The highest BCUT2D eigenvalue weighted by atomic mass is 35.5. The number of halogens is 1. The summed E-state index contributed by atoms with van der Waals surface area (Å²) < 4.78 is 0. The van der Waals surface area contributed by atoms with Gasteiger partial charge in [0.1, 0.15) is 22.5 Å². The number of rotatable bonds is 4. The molecule has 2 N–H and O–H groups in total. The van der Waals surface area contributed by atoms with E-state index < -0.39 is 0 Å². The van der Waals surface area contributed by atoms with Crippen molar-refractivity contribution in [2.24, 2.45) is 0 Å². The van der Waals surface area contributed by atoms with E-state index in [0.29, 0.717) is 23.3 Å². The van der Waals surface area contributed by atoms with Gasteiger partial charge in [0.25, 0.3) is 0 Å². The molecule has 2 aromatic rings. The van der Waals surface area contributed by atoms with E-state index in [0.717, 1.165) is 11.1 Å². The molecular weight excluding hydrogens is 274 g/mol. The van der Waals surface area contributed by atoms with Crippen LogP contribution in [0.4, 0.5) is 5.82 Å². The standard InChI is InChI=1S/C15H18ClN3O/c1-9(2)14-18-13(16)10(3)15(19-14)17-8-11-6-4-5-7-12(11)20/h4-7,9,20H,8H2,1-3H3,(H,17,18,19). The molecule has 0 bridgehead atoms. The number of aromatic nitrogens is 2. The van der Waals surface area contributed by atoms with Crippen molar-refractivity contribution in [2.75, 3.05) is 5.32 Å². The van der Waals surface area contributed by atoms with Gasteiger partial charge < -0.3 is 10.4 Å². The van der Waals surface area contributed by atoms with Crippen molar-refractivity contribution in [3.8, 4) is 5.75 Å². The first-order valence-electron chi connectivity index (χ1n) is 6.53. The van der Waals surface area contributed by atoms with Crippen molar-refractivity contribution < 1.29 is 5.11 Å². The van der Waals surface area contributed by atoms with Crippen molar-refractivity contribution in [1.82, 2.24) is 9.97 Å². The highest BCUT2D eigenvalue weighted by Crippen LogP contribution is 2.24. The Bertz CT molecular complexity index is 614. The molecule has 4 nitrogen and oxygen atoms in total. The molecule has 0 unspecified atom stereocenters. The number of para-hydroxylation sites is 1. The highest BCUT2D eigenvalue weighted by Gasteiger charge is 2.12. The highest BCUT2D eigenvalue weighted by molar-refractivity contribution is 6.30. The molecule has 1 aromatic heterocycles. The number of nitrogens with zero attached hydrogens (tertiary/aromatic N) is 2. The van der Waals surface area contributed by atoms with Gasteiger partial charge in [0, 0.05) is 23.6 Å². The fraction of sp³-hybridized carbons (Fsp3) is 0.333. The lowest BCUT2D eigenvalue weighted by Gasteiger charge is -2.13. The molecule has 0 spiro atoms. The zero-order valence-electron chi connectivity index (χ0n) is 11.8. The third kappa shape index (κ3) is 3.20. The van der Waals surface area contributed by atoms with Gasteiger partial charge in [-0.2, -0.15) is 0 Å². The van der Waals surface area contributed by atoms with Crippen LogP contribution in [0.15, 0.2) is 24.3 Å². The Labute approximate surface area is 123 Å². The Morgan fingerprint density at radius 1 is 1.25 bits per heavy atom. The molecule has 20 heavy (non-hydrogen) atoms. The summed E-state index contributed by atoms with van der Waals surface area (Å²) in [5.41, 5.74) is 1.62. The second-order valence-corrected chi connectivity index (χ2v) is 5.34. The van der Waals surface area contributed by atoms with Crippen LogP contribution in [0.3, 0.4) is 0 Å². The number of phenols is 1. The Kier molecular flexibility index (Phi) is 4.45. The zero-order chi connectivity index (χ0) is 14.7. The topological polar surface area (TPSA) is 58.0 Å². The summed E-state index contributed by atoms with van der Waals surface area (Å²) in [5, 5.41) is 13.4. The molecule has 0 aliphatic rings. The van der Waals surface area contributed by atoms with Crippen molar-refractivity contribution in [1.29, 1.82) is 0 Å². The first kappa shape index (κ1) is 14.6. The normalized spacial score (nSPS) is 10.8. The summed E-state index contributed by atoms with van der Waals surface area (Å²) >= 11 is 6.14. The maximum absolute atomic E-state index is 9.76. The maximum Gasteiger partial charge on any atom is 0.137 e. The van der Waals surface area contributed by atoms with Crippen LogP contribution in [0.25, 0.3) is 0 Å². The van der Waals surface area contributed by atoms with Crippen LogP contribution in [0, 0.1) is 6.92 Å². The lowest BCUT2D eigenvalue weighted by atomic mass is 10.2. The van der Waals surface area contributed by atoms with Crippen LogP contribution in [-0.4, -0.2) is 15.1 Å². The summed E-state index contributed by atoms with van der Waals surface area (Å²) in [7, 11) is 0. The quantitative estimate of drug-likeness (QED) is 0.839. The molecule has 0 atom stereocenters. The van der Waals surface area contributed by atoms with Gasteiger partial charge in [-0.3, -0.25) is 0 Å². The SMILES string of the molecule is Cc1c(Cl)nc(C(C)C)nc1NCc1ccccc1O. The van der Waals surface area contributed by atoms with Crippen molar-refractivity contribution in [2.45, 2.75) is 33.2 Å². The monoisotopic (exact) mass is 291 g/mol. The van der Waals surface area contributed by atoms with E-state index >= 15 is 0 Å². The Morgan fingerprint density at radius 2 is 1.95 bits per heavy atom. The minimum Gasteiger partial charge on any atom is -0.508 e. The number of anilines is 1. The second kappa shape index (κ2) is 6.09. The molecule has 5 heteroatoms. The second-order valence-electron chi connectivity index (χ2n) is 4.98. The summed E-state index contributed by atoms with van der Waals surface area (Å²) in [6.45, 7) is 6.40. The van der Waals surface area contributed by atoms with E-state index in [1.54, 1.807) is 12.1 Å². The molecule has 0 amide bonds. The van der Waals surface area contributed by atoms with Crippen molar-refractivity contribution >= 4 is 17.4 Å². The minimum atomic E-state index is 0.207. The lowest BCUT2D eigenvalue weighted by molar-refractivity contribution is 0.469. The summed E-state index contributed by atoms with van der Waals surface area (Å²) in [5.74, 6) is 1.89. The van der Waals surface area contributed by atoms with Crippen LogP contribution < -0.4 is 5.32 Å². The Balaban J connectivity index is 2.23. The summed E-state index contributed by atoms with van der Waals surface area (Å²) in [4.78, 5) is 8.76. The first-order chi connectivity index (χ1) is 9.49. The third-order valence-corrected chi connectivity index (χ3v) is 3.43. The van der Waals surface area contributed by atoms with Gasteiger partial charge >= 0.3 is 0 Å². The molecule has 0 saturated heterocycles. The van der Waals surface area contributed by atoms with E-state index in [1.807, 2.05) is 32.9 Å².